The molecule has 3 amide bonds. The maximum absolute atomic E-state index is 13.4. The molecule has 1 aromatic carbocycles. The third kappa shape index (κ3) is 8.91. The average molecular weight is 536 g/mol. The van der Waals surface area contributed by atoms with Gasteiger partial charge in [-0.15, -0.1) is 0 Å². The van der Waals surface area contributed by atoms with E-state index in [2.05, 4.69) is 16.0 Å². The van der Waals surface area contributed by atoms with Crippen LogP contribution in [0, 0.1) is 11.8 Å². The molecule has 10 heteroatoms. The molecule has 2 aliphatic rings. The molecule has 1 saturated heterocycles. The minimum atomic E-state index is -1.01. The number of nitrogens with one attached hydrogen (secondary N) is 3. The molecule has 3 atom stereocenters. The highest BCUT2D eigenvalue weighted by Crippen LogP contribution is 2.29. The van der Waals surface area contributed by atoms with Crippen molar-refractivity contribution in [2.24, 2.45) is 11.8 Å². The first kappa shape index (κ1) is 28.8. The third-order valence-electron chi connectivity index (χ3n) is 7.07. The number of amides is 3. The zero-order valence-electron chi connectivity index (χ0n) is 21.8. The summed E-state index contributed by atoms with van der Waals surface area (Å²) in [5.41, 5.74) is 0.337. The van der Waals surface area contributed by atoms with Crippen molar-refractivity contribution >= 4 is 35.5 Å². The number of esters is 1. The van der Waals surface area contributed by atoms with E-state index >= 15 is 0 Å². The molecule has 1 aliphatic carbocycles. The zero-order valence-corrected chi connectivity index (χ0v) is 22.6. The fraction of sp³-hybridized carbons (Fsp3) is 0.630. The molecule has 37 heavy (non-hydrogen) atoms. The monoisotopic (exact) mass is 535 g/mol. The van der Waals surface area contributed by atoms with Gasteiger partial charge >= 0.3 is 12.1 Å². The normalized spacial score (nSPS) is 20.9. The van der Waals surface area contributed by atoms with Gasteiger partial charge in [-0.2, -0.15) is 0 Å². The molecule has 0 spiro atoms. The fourth-order valence-corrected chi connectivity index (χ4v) is 5.46. The molecule has 0 bridgehead atoms. The second kappa shape index (κ2) is 13.1. The van der Waals surface area contributed by atoms with Crippen molar-refractivity contribution in [2.75, 3.05) is 7.11 Å². The van der Waals surface area contributed by atoms with Gasteiger partial charge in [0.05, 0.1) is 7.11 Å². The van der Waals surface area contributed by atoms with Crippen LogP contribution in [0.25, 0.3) is 0 Å². The van der Waals surface area contributed by atoms with Crippen molar-refractivity contribution in [1.82, 2.24) is 16.0 Å². The predicted octanol–water partition coefficient (Wildman–Crippen LogP) is 3.87. The second-order valence-corrected chi connectivity index (χ2v) is 11.2. The van der Waals surface area contributed by atoms with Gasteiger partial charge in [0.25, 0.3) is 0 Å². The maximum atomic E-state index is 13.4. The van der Waals surface area contributed by atoms with Gasteiger partial charge in [0, 0.05) is 16.5 Å². The molecular formula is C27H38ClN3O6. The van der Waals surface area contributed by atoms with Crippen molar-refractivity contribution in [3.63, 3.8) is 0 Å². The van der Waals surface area contributed by atoms with Gasteiger partial charge in [-0.3, -0.25) is 9.59 Å². The molecule has 0 radical (unpaired) electrons. The van der Waals surface area contributed by atoms with Crippen molar-refractivity contribution in [3.8, 4) is 0 Å². The highest BCUT2D eigenvalue weighted by atomic mass is 35.5. The van der Waals surface area contributed by atoms with E-state index in [-0.39, 0.29) is 30.4 Å². The predicted molar refractivity (Wildman–Crippen MR) is 139 cm³/mol. The number of carbonyl (C=O) groups is 4. The molecule has 1 heterocycles. The average Bonchev–Trinajstić information content (AvgIpc) is 3.12. The SMILES string of the molecule is COC(=O)C(CC1CC(C)(C)NC1=O)NC(=O)[C@H](CC1CCCCC1)NC(=O)OCc1cccc(Cl)c1. The Hall–Kier alpha value is -2.81. The molecule has 9 nitrogen and oxygen atoms in total. The lowest BCUT2D eigenvalue weighted by molar-refractivity contribution is -0.146. The Balaban J connectivity index is 1.67. The number of rotatable bonds is 10. The van der Waals surface area contributed by atoms with Crippen LogP contribution in [0.1, 0.15) is 70.8 Å². The van der Waals surface area contributed by atoms with Crippen LogP contribution in [-0.4, -0.2) is 48.6 Å². The van der Waals surface area contributed by atoms with Crippen molar-refractivity contribution in [3.05, 3.63) is 34.9 Å². The molecule has 0 aromatic heterocycles. The van der Waals surface area contributed by atoms with Crippen LogP contribution in [-0.2, 0) is 30.5 Å². The Labute approximate surface area is 223 Å². The lowest BCUT2D eigenvalue weighted by atomic mass is 9.84. The summed E-state index contributed by atoms with van der Waals surface area (Å²) in [6, 6.07) is 5.06. The van der Waals surface area contributed by atoms with E-state index in [1.807, 2.05) is 13.8 Å². The summed E-state index contributed by atoms with van der Waals surface area (Å²) in [5.74, 6) is -1.46. The number of alkyl carbamates (subject to hydrolysis) is 1. The van der Waals surface area contributed by atoms with E-state index in [1.54, 1.807) is 24.3 Å². The summed E-state index contributed by atoms with van der Waals surface area (Å²) < 4.78 is 10.2. The van der Waals surface area contributed by atoms with E-state index in [0.717, 1.165) is 37.7 Å². The number of benzene rings is 1. The quantitative estimate of drug-likeness (QED) is 0.391. The van der Waals surface area contributed by atoms with E-state index in [1.165, 1.54) is 7.11 Å². The van der Waals surface area contributed by atoms with E-state index in [9.17, 15) is 19.2 Å². The molecule has 2 fully saturated rings. The van der Waals surface area contributed by atoms with Gasteiger partial charge in [-0.05, 0) is 56.7 Å². The van der Waals surface area contributed by atoms with Crippen LogP contribution in [0.4, 0.5) is 4.79 Å². The Bertz CT molecular complexity index is 979. The Morgan fingerprint density at radius 2 is 1.84 bits per heavy atom. The zero-order chi connectivity index (χ0) is 27.0. The number of hydrogen-bond acceptors (Lipinski definition) is 6. The first-order valence-electron chi connectivity index (χ1n) is 12.9. The lowest BCUT2D eigenvalue weighted by Gasteiger charge is -2.28. The molecule has 204 valence electrons. The van der Waals surface area contributed by atoms with E-state index in [0.29, 0.717) is 17.9 Å². The van der Waals surface area contributed by atoms with Gasteiger partial charge < -0.3 is 25.4 Å². The largest absolute Gasteiger partial charge is 0.467 e. The molecule has 1 aliphatic heterocycles. The smallest absolute Gasteiger partial charge is 0.408 e. The number of ether oxygens (including phenoxy) is 2. The van der Waals surface area contributed by atoms with Crippen LogP contribution in [0.5, 0.6) is 0 Å². The van der Waals surface area contributed by atoms with Crippen LogP contribution < -0.4 is 16.0 Å². The molecule has 3 N–H and O–H groups in total. The molecule has 1 saturated carbocycles. The van der Waals surface area contributed by atoms with Crippen LogP contribution >= 0.6 is 11.6 Å². The van der Waals surface area contributed by atoms with E-state index in [4.69, 9.17) is 21.1 Å². The number of hydrogen-bond donors (Lipinski definition) is 3. The Kier molecular flexibility index (Phi) is 10.2. The van der Waals surface area contributed by atoms with Gasteiger partial charge in [0.2, 0.25) is 11.8 Å². The minimum Gasteiger partial charge on any atom is -0.467 e. The van der Waals surface area contributed by atoms with Gasteiger partial charge in [0.15, 0.2) is 0 Å². The standard InChI is InChI=1S/C27H38ClN3O6/c1-27(2)15-19(23(32)31-27)14-22(25(34)36-3)29-24(33)21(13-17-8-5-4-6-9-17)30-26(35)37-16-18-10-7-11-20(28)12-18/h7,10-12,17,19,21-22H,4-6,8-9,13-16H2,1-3H3,(H,29,33)(H,30,35)(H,31,32)/t19?,21-,22?/m0/s1. The summed E-state index contributed by atoms with van der Waals surface area (Å²) in [7, 11) is 1.24. The van der Waals surface area contributed by atoms with Crippen LogP contribution in [0.2, 0.25) is 5.02 Å². The summed E-state index contributed by atoms with van der Waals surface area (Å²) in [6.07, 6.45) is 5.61. The first-order valence-corrected chi connectivity index (χ1v) is 13.3. The molecule has 1 aromatic rings. The van der Waals surface area contributed by atoms with Crippen molar-refractivity contribution < 1.29 is 28.7 Å². The second-order valence-electron chi connectivity index (χ2n) is 10.7. The first-order chi connectivity index (χ1) is 17.6. The summed E-state index contributed by atoms with van der Waals surface area (Å²) in [5, 5.41) is 8.87. The summed E-state index contributed by atoms with van der Waals surface area (Å²) >= 11 is 5.99. The number of carbonyl (C=O) groups excluding carboxylic acids is 4. The highest BCUT2D eigenvalue weighted by molar-refractivity contribution is 6.30. The van der Waals surface area contributed by atoms with Crippen molar-refractivity contribution in [2.45, 2.75) is 89.4 Å². The lowest BCUT2D eigenvalue weighted by Crippen LogP contribution is -2.53. The number of halogens is 1. The highest BCUT2D eigenvalue weighted by Gasteiger charge is 2.40. The third-order valence-corrected chi connectivity index (χ3v) is 7.31. The summed E-state index contributed by atoms with van der Waals surface area (Å²) in [4.78, 5) is 51.0. The molecule has 2 unspecified atom stereocenters. The molecule has 3 rings (SSSR count). The van der Waals surface area contributed by atoms with Gasteiger partial charge in [-0.25, -0.2) is 9.59 Å². The Morgan fingerprint density at radius 1 is 1.11 bits per heavy atom. The minimum absolute atomic E-state index is 0.00151. The molecular weight excluding hydrogens is 498 g/mol. The van der Waals surface area contributed by atoms with Gasteiger partial charge in [0.1, 0.15) is 18.7 Å². The topological polar surface area (TPSA) is 123 Å². The van der Waals surface area contributed by atoms with Gasteiger partial charge in [-0.1, -0.05) is 55.8 Å². The van der Waals surface area contributed by atoms with E-state index < -0.39 is 36.0 Å². The van der Waals surface area contributed by atoms with Crippen LogP contribution in [0.3, 0.4) is 0 Å². The Morgan fingerprint density at radius 3 is 2.46 bits per heavy atom. The fourth-order valence-electron chi connectivity index (χ4n) is 5.25. The van der Waals surface area contributed by atoms with Crippen LogP contribution in [0.15, 0.2) is 24.3 Å². The van der Waals surface area contributed by atoms with Crippen molar-refractivity contribution in [1.29, 1.82) is 0 Å². The maximum Gasteiger partial charge on any atom is 0.408 e. The summed E-state index contributed by atoms with van der Waals surface area (Å²) in [6.45, 7) is 3.83. The number of methoxy groups -OCH3 is 1.